The van der Waals surface area contributed by atoms with Crippen LogP contribution < -0.4 is 4.74 Å². The third-order valence-electron chi connectivity index (χ3n) is 3.42. The number of ether oxygens (including phenoxy) is 2. The van der Waals surface area contributed by atoms with Gasteiger partial charge in [-0.2, -0.15) is 13.2 Å². The lowest BCUT2D eigenvalue weighted by Crippen LogP contribution is -2.10. The van der Waals surface area contributed by atoms with Gasteiger partial charge in [-0.1, -0.05) is 18.2 Å². The van der Waals surface area contributed by atoms with E-state index in [0.717, 1.165) is 6.07 Å². The Balaban J connectivity index is 2.70. The molecule has 0 aliphatic carbocycles. The molecule has 0 bridgehead atoms. The number of esters is 1. The zero-order chi connectivity index (χ0) is 19.3. The number of aliphatic hydroxyl groups is 1. The maximum Gasteiger partial charge on any atom is 0.417 e. The molecular formula is C18H16BrF3O4. The highest BCUT2D eigenvalue weighted by atomic mass is 79.9. The molecule has 2 aromatic carbocycles. The smallest absolute Gasteiger partial charge is 0.417 e. The normalized spacial score (nSPS) is 11.3. The van der Waals surface area contributed by atoms with Gasteiger partial charge < -0.3 is 14.6 Å². The summed E-state index contributed by atoms with van der Waals surface area (Å²) in [6.45, 7) is 1.34. The number of benzene rings is 2. The Bertz CT molecular complexity index is 790. The van der Waals surface area contributed by atoms with Crippen LogP contribution >= 0.6 is 15.9 Å². The van der Waals surface area contributed by atoms with Crippen LogP contribution in [0, 0.1) is 0 Å². The molecule has 26 heavy (non-hydrogen) atoms. The molecule has 2 aromatic rings. The molecule has 0 saturated heterocycles. The Hall–Kier alpha value is -2.06. The molecule has 0 unspecified atom stereocenters. The van der Waals surface area contributed by atoms with Gasteiger partial charge in [-0.3, -0.25) is 0 Å². The average molecular weight is 433 g/mol. The molecule has 0 aliphatic rings. The van der Waals surface area contributed by atoms with Crippen LogP contribution in [-0.2, 0) is 10.9 Å². The third-order valence-corrected chi connectivity index (χ3v) is 4.00. The first kappa shape index (κ1) is 20.3. The zero-order valence-corrected chi connectivity index (χ0v) is 15.4. The van der Waals surface area contributed by atoms with Gasteiger partial charge in [-0.05, 0) is 46.6 Å². The number of alkyl halides is 3. The van der Waals surface area contributed by atoms with Crippen molar-refractivity contribution in [1.82, 2.24) is 0 Å². The van der Waals surface area contributed by atoms with Crippen LogP contribution in [0.25, 0.3) is 11.1 Å². The zero-order valence-electron chi connectivity index (χ0n) is 13.8. The van der Waals surface area contributed by atoms with Gasteiger partial charge in [0.15, 0.2) is 0 Å². The number of halogens is 4. The molecule has 0 fully saturated rings. The minimum absolute atomic E-state index is 0.0730. The highest BCUT2D eigenvalue weighted by Crippen LogP contribution is 2.43. The van der Waals surface area contributed by atoms with E-state index in [2.05, 4.69) is 15.9 Å². The van der Waals surface area contributed by atoms with E-state index >= 15 is 0 Å². The number of carbonyl (C=O) groups is 1. The molecule has 4 nitrogen and oxygen atoms in total. The van der Waals surface area contributed by atoms with Crippen LogP contribution in [-0.4, -0.2) is 30.9 Å². The maximum absolute atomic E-state index is 13.4. The lowest BCUT2D eigenvalue weighted by Gasteiger charge is -2.18. The molecule has 140 valence electrons. The Kier molecular flexibility index (Phi) is 6.66. The molecule has 0 aliphatic heterocycles. The Morgan fingerprint density at radius 2 is 1.88 bits per heavy atom. The summed E-state index contributed by atoms with van der Waals surface area (Å²) >= 11 is 3.22. The van der Waals surface area contributed by atoms with Crippen molar-refractivity contribution in [3.05, 3.63) is 52.0 Å². The molecule has 8 heteroatoms. The molecular weight excluding hydrogens is 417 g/mol. The fourth-order valence-corrected chi connectivity index (χ4v) is 2.96. The third kappa shape index (κ3) is 4.56. The summed E-state index contributed by atoms with van der Waals surface area (Å²) in [5.41, 5.74) is -0.840. The molecule has 2 rings (SSSR count). The number of hydrogen-bond donors (Lipinski definition) is 1. The first-order chi connectivity index (χ1) is 12.3. The summed E-state index contributed by atoms with van der Waals surface area (Å²) in [7, 11) is 0. The van der Waals surface area contributed by atoms with Crippen LogP contribution in [0.3, 0.4) is 0 Å². The van der Waals surface area contributed by atoms with Crippen LogP contribution in [0.4, 0.5) is 13.2 Å². The summed E-state index contributed by atoms with van der Waals surface area (Å²) < 4.78 is 50.9. The maximum atomic E-state index is 13.4. The second kappa shape index (κ2) is 8.55. The second-order valence-corrected chi connectivity index (χ2v) is 6.02. The summed E-state index contributed by atoms with van der Waals surface area (Å²) in [6.07, 6.45) is -4.59. The Morgan fingerprint density at radius 1 is 1.19 bits per heavy atom. The van der Waals surface area contributed by atoms with Crippen molar-refractivity contribution in [2.24, 2.45) is 0 Å². The van der Waals surface area contributed by atoms with Gasteiger partial charge in [0, 0.05) is 5.56 Å². The molecule has 0 atom stereocenters. The quantitative estimate of drug-likeness (QED) is 0.673. The van der Waals surface area contributed by atoms with Crippen LogP contribution in [0.5, 0.6) is 5.75 Å². The van der Waals surface area contributed by atoms with Crippen molar-refractivity contribution < 1.29 is 32.5 Å². The summed E-state index contributed by atoms with van der Waals surface area (Å²) in [6, 6.07) is 7.70. The van der Waals surface area contributed by atoms with Gasteiger partial charge in [0.05, 0.1) is 28.8 Å². The largest absolute Gasteiger partial charge is 0.489 e. The van der Waals surface area contributed by atoms with E-state index in [4.69, 9.17) is 14.6 Å². The molecule has 0 spiro atoms. The van der Waals surface area contributed by atoms with Crippen molar-refractivity contribution in [3.8, 4) is 16.9 Å². The SMILES string of the molecule is CCOC(=O)c1cc(Br)c(OCCO)c(-c2ccccc2C(F)(F)F)c1. The van der Waals surface area contributed by atoms with Gasteiger partial charge >= 0.3 is 12.1 Å². The van der Waals surface area contributed by atoms with Gasteiger partial charge in [-0.15, -0.1) is 0 Å². The topological polar surface area (TPSA) is 55.8 Å². The Labute approximate surface area is 156 Å². The average Bonchev–Trinajstić information content (AvgIpc) is 2.59. The van der Waals surface area contributed by atoms with Crippen molar-refractivity contribution in [2.45, 2.75) is 13.1 Å². The first-order valence-corrected chi connectivity index (χ1v) is 8.49. The van der Waals surface area contributed by atoms with Gasteiger partial charge in [0.1, 0.15) is 12.4 Å². The van der Waals surface area contributed by atoms with Crippen LogP contribution in [0.2, 0.25) is 0 Å². The molecule has 0 aromatic heterocycles. The van der Waals surface area contributed by atoms with E-state index in [1.165, 1.54) is 30.3 Å². The lowest BCUT2D eigenvalue weighted by atomic mass is 9.96. The lowest BCUT2D eigenvalue weighted by molar-refractivity contribution is -0.137. The molecule has 0 saturated carbocycles. The minimum Gasteiger partial charge on any atom is -0.489 e. The summed E-state index contributed by atoms with van der Waals surface area (Å²) in [5.74, 6) is -0.559. The van der Waals surface area contributed by atoms with E-state index in [-0.39, 0.29) is 46.7 Å². The Morgan fingerprint density at radius 3 is 2.50 bits per heavy atom. The van der Waals surface area contributed by atoms with Crippen LogP contribution in [0.1, 0.15) is 22.8 Å². The molecule has 0 heterocycles. The number of carbonyl (C=O) groups excluding carboxylic acids is 1. The summed E-state index contributed by atoms with van der Waals surface area (Å²) in [4.78, 5) is 12.0. The van der Waals surface area contributed by atoms with E-state index in [1.54, 1.807) is 6.92 Å². The highest BCUT2D eigenvalue weighted by molar-refractivity contribution is 9.10. The van der Waals surface area contributed by atoms with Crippen molar-refractivity contribution in [3.63, 3.8) is 0 Å². The second-order valence-electron chi connectivity index (χ2n) is 5.17. The standard InChI is InChI=1S/C18H16BrF3O4/c1-2-25-17(24)11-9-13(16(15(19)10-11)26-8-7-23)12-5-3-4-6-14(12)18(20,21)22/h3-6,9-10,23H,2,7-8H2,1H3. The van der Waals surface area contributed by atoms with Gasteiger partial charge in [-0.25, -0.2) is 4.79 Å². The molecule has 0 radical (unpaired) electrons. The molecule has 0 amide bonds. The predicted molar refractivity (Wildman–Crippen MR) is 93.1 cm³/mol. The summed E-state index contributed by atoms with van der Waals surface area (Å²) in [5, 5.41) is 8.98. The fourth-order valence-electron chi connectivity index (χ4n) is 2.39. The van der Waals surface area contributed by atoms with Crippen LogP contribution in [0.15, 0.2) is 40.9 Å². The highest BCUT2D eigenvalue weighted by Gasteiger charge is 2.34. The predicted octanol–water partition coefficient (Wildman–Crippen LogP) is 4.68. The monoisotopic (exact) mass is 432 g/mol. The molecule has 1 N–H and O–H groups in total. The van der Waals surface area contributed by atoms with E-state index < -0.39 is 17.7 Å². The van der Waals surface area contributed by atoms with E-state index in [9.17, 15) is 18.0 Å². The number of rotatable bonds is 6. The van der Waals surface area contributed by atoms with E-state index in [1.807, 2.05) is 0 Å². The van der Waals surface area contributed by atoms with Crippen molar-refractivity contribution in [2.75, 3.05) is 19.8 Å². The van der Waals surface area contributed by atoms with Gasteiger partial charge in [0.25, 0.3) is 0 Å². The number of hydrogen-bond acceptors (Lipinski definition) is 4. The van der Waals surface area contributed by atoms with Gasteiger partial charge in [0.2, 0.25) is 0 Å². The first-order valence-electron chi connectivity index (χ1n) is 7.70. The number of aliphatic hydroxyl groups excluding tert-OH is 1. The minimum atomic E-state index is -4.59. The van der Waals surface area contributed by atoms with E-state index in [0.29, 0.717) is 0 Å². The fraction of sp³-hybridized carbons (Fsp3) is 0.278. The van der Waals surface area contributed by atoms with Crippen molar-refractivity contribution >= 4 is 21.9 Å². The van der Waals surface area contributed by atoms with Crippen molar-refractivity contribution in [1.29, 1.82) is 0 Å².